The molecule has 0 saturated heterocycles. The molecule has 0 aliphatic heterocycles. The summed E-state index contributed by atoms with van der Waals surface area (Å²) in [6, 6.07) is 4.98. The lowest BCUT2D eigenvalue weighted by molar-refractivity contribution is -0.126. The second-order valence-corrected chi connectivity index (χ2v) is 5.57. The Morgan fingerprint density at radius 2 is 2.14 bits per heavy atom. The summed E-state index contributed by atoms with van der Waals surface area (Å²) in [5.41, 5.74) is 1.41. The van der Waals surface area contributed by atoms with Gasteiger partial charge in [-0.1, -0.05) is 28.1 Å². The summed E-state index contributed by atoms with van der Waals surface area (Å²) in [4.78, 5) is 35.5. The van der Waals surface area contributed by atoms with Crippen molar-refractivity contribution in [3.05, 3.63) is 33.8 Å². The van der Waals surface area contributed by atoms with Crippen LogP contribution in [0.15, 0.2) is 22.7 Å². The summed E-state index contributed by atoms with van der Waals surface area (Å²) in [5.74, 6) is -0.140. The molecule has 1 atom stereocenters. The molecule has 0 bridgehead atoms. The highest BCUT2D eigenvalue weighted by molar-refractivity contribution is 9.10. The zero-order valence-corrected chi connectivity index (χ0v) is 13.7. The summed E-state index contributed by atoms with van der Waals surface area (Å²) in [6.45, 7) is 0.437. The van der Waals surface area contributed by atoms with Crippen LogP contribution in [0.3, 0.4) is 0 Å². The Labute approximate surface area is 132 Å². The van der Waals surface area contributed by atoms with Gasteiger partial charge in [0.2, 0.25) is 5.91 Å². The molecule has 6 heteroatoms. The number of carbonyl (C=O) groups is 3. The topological polar surface area (TPSA) is 66.5 Å². The summed E-state index contributed by atoms with van der Waals surface area (Å²) >= 11 is 3.43. The first-order chi connectivity index (χ1) is 10.0. The van der Waals surface area contributed by atoms with Gasteiger partial charge in [0.05, 0.1) is 6.04 Å². The van der Waals surface area contributed by atoms with Gasteiger partial charge in [0.1, 0.15) is 12.6 Å². The maximum atomic E-state index is 11.9. The quantitative estimate of drug-likeness (QED) is 0.722. The van der Waals surface area contributed by atoms with E-state index in [2.05, 4.69) is 21.2 Å². The van der Waals surface area contributed by atoms with Crippen molar-refractivity contribution in [2.24, 2.45) is 0 Å². The number of likely N-dealkylation sites (N-methyl/N-ethyl adjacent to an activating group) is 2. The van der Waals surface area contributed by atoms with Gasteiger partial charge in [-0.15, -0.1) is 0 Å². The Bertz CT molecular complexity index is 520. The molecule has 0 heterocycles. The van der Waals surface area contributed by atoms with Gasteiger partial charge < -0.3 is 10.1 Å². The van der Waals surface area contributed by atoms with Crippen LogP contribution in [0.25, 0.3) is 0 Å². The van der Waals surface area contributed by atoms with Gasteiger partial charge in [-0.25, -0.2) is 0 Å². The van der Waals surface area contributed by atoms with Crippen molar-refractivity contribution < 1.29 is 14.4 Å². The number of nitrogens with one attached hydrogen (secondary N) is 1. The minimum absolute atomic E-state index is 0.140. The highest BCUT2D eigenvalue weighted by atomic mass is 79.9. The van der Waals surface area contributed by atoms with Crippen LogP contribution in [0.5, 0.6) is 0 Å². The van der Waals surface area contributed by atoms with Crippen LogP contribution in [0, 0.1) is 0 Å². The van der Waals surface area contributed by atoms with Crippen LogP contribution >= 0.6 is 15.9 Å². The Morgan fingerprint density at radius 1 is 1.43 bits per heavy atom. The van der Waals surface area contributed by atoms with Crippen LogP contribution in [0.2, 0.25) is 0 Å². The third-order valence-corrected chi connectivity index (χ3v) is 4.07. The fourth-order valence-corrected chi connectivity index (χ4v) is 2.66. The van der Waals surface area contributed by atoms with Crippen molar-refractivity contribution in [3.8, 4) is 0 Å². The molecule has 114 valence electrons. The zero-order valence-electron chi connectivity index (χ0n) is 12.1. The lowest BCUT2D eigenvalue weighted by Gasteiger charge is -2.27. The van der Waals surface area contributed by atoms with E-state index in [9.17, 15) is 14.4 Å². The SMILES string of the molecule is CNC(=O)C(CCC=O)N(C)Cc1c(Br)cccc1C=O. The maximum Gasteiger partial charge on any atom is 0.237 e. The van der Waals surface area contributed by atoms with Crippen LogP contribution in [-0.2, 0) is 16.1 Å². The molecule has 1 rings (SSSR count). The predicted molar refractivity (Wildman–Crippen MR) is 84.1 cm³/mol. The second-order valence-electron chi connectivity index (χ2n) is 4.71. The molecule has 1 N–H and O–H groups in total. The normalized spacial score (nSPS) is 12.0. The molecule has 1 aromatic rings. The van der Waals surface area contributed by atoms with Crippen molar-refractivity contribution in [2.45, 2.75) is 25.4 Å². The van der Waals surface area contributed by atoms with E-state index in [4.69, 9.17) is 0 Å². The van der Waals surface area contributed by atoms with Gasteiger partial charge in [0.25, 0.3) is 0 Å². The summed E-state index contributed by atoms with van der Waals surface area (Å²) in [5, 5.41) is 2.61. The molecule has 1 unspecified atom stereocenters. The molecule has 0 spiro atoms. The van der Waals surface area contributed by atoms with Crippen molar-refractivity contribution in [3.63, 3.8) is 0 Å². The van der Waals surface area contributed by atoms with E-state index in [-0.39, 0.29) is 5.91 Å². The first-order valence-electron chi connectivity index (χ1n) is 6.63. The molecule has 0 aromatic heterocycles. The number of hydrogen-bond donors (Lipinski definition) is 1. The van der Waals surface area contributed by atoms with E-state index in [1.807, 2.05) is 11.0 Å². The highest BCUT2D eigenvalue weighted by Gasteiger charge is 2.23. The largest absolute Gasteiger partial charge is 0.358 e. The van der Waals surface area contributed by atoms with Crippen molar-refractivity contribution >= 4 is 34.4 Å². The average molecular weight is 355 g/mol. The van der Waals surface area contributed by atoms with Crippen molar-refractivity contribution in [1.82, 2.24) is 10.2 Å². The van der Waals surface area contributed by atoms with Gasteiger partial charge in [0, 0.05) is 30.0 Å². The average Bonchev–Trinajstić information content (AvgIpc) is 2.49. The fraction of sp³-hybridized carbons (Fsp3) is 0.400. The van der Waals surface area contributed by atoms with Crippen LogP contribution in [-0.4, -0.2) is 43.5 Å². The Balaban J connectivity index is 2.95. The summed E-state index contributed by atoms with van der Waals surface area (Å²) < 4.78 is 0.824. The molecule has 1 amide bonds. The number of hydrogen-bond acceptors (Lipinski definition) is 4. The number of amides is 1. The molecular weight excluding hydrogens is 336 g/mol. The number of aldehydes is 2. The zero-order chi connectivity index (χ0) is 15.8. The smallest absolute Gasteiger partial charge is 0.237 e. The number of halogens is 1. The molecule has 0 saturated carbocycles. The maximum absolute atomic E-state index is 11.9. The van der Waals surface area contributed by atoms with E-state index < -0.39 is 6.04 Å². The van der Waals surface area contributed by atoms with Crippen molar-refractivity contribution in [1.29, 1.82) is 0 Å². The Morgan fingerprint density at radius 3 is 2.71 bits per heavy atom. The molecule has 1 aromatic carbocycles. The predicted octanol–water partition coefficient (Wildman–Crippen LogP) is 1.79. The van der Waals surface area contributed by atoms with E-state index >= 15 is 0 Å². The number of benzene rings is 1. The molecule has 5 nitrogen and oxygen atoms in total. The first kappa shape index (κ1) is 17.5. The van der Waals surface area contributed by atoms with Crippen LogP contribution in [0.1, 0.15) is 28.8 Å². The van der Waals surface area contributed by atoms with Crippen molar-refractivity contribution in [2.75, 3.05) is 14.1 Å². The second kappa shape index (κ2) is 8.69. The first-order valence-corrected chi connectivity index (χ1v) is 7.42. The van der Waals surface area contributed by atoms with E-state index in [1.165, 1.54) is 0 Å². The lowest BCUT2D eigenvalue weighted by atomic mass is 10.1. The Kier molecular flexibility index (Phi) is 7.25. The van der Waals surface area contributed by atoms with Gasteiger partial charge in [0.15, 0.2) is 0 Å². The van der Waals surface area contributed by atoms with E-state index in [0.717, 1.165) is 22.6 Å². The van der Waals surface area contributed by atoms with E-state index in [0.29, 0.717) is 24.9 Å². The summed E-state index contributed by atoms with van der Waals surface area (Å²) in [6.07, 6.45) is 2.37. The minimum Gasteiger partial charge on any atom is -0.358 e. The molecule has 0 aliphatic carbocycles. The highest BCUT2D eigenvalue weighted by Crippen LogP contribution is 2.22. The third-order valence-electron chi connectivity index (χ3n) is 3.33. The minimum atomic E-state index is -0.410. The third kappa shape index (κ3) is 4.75. The van der Waals surface area contributed by atoms with Gasteiger partial charge in [-0.2, -0.15) is 0 Å². The van der Waals surface area contributed by atoms with Gasteiger partial charge in [-0.3, -0.25) is 14.5 Å². The number of rotatable bonds is 8. The summed E-state index contributed by atoms with van der Waals surface area (Å²) in [7, 11) is 3.37. The Hall–Kier alpha value is -1.53. The van der Waals surface area contributed by atoms with E-state index in [1.54, 1.807) is 26.2 Å². The number of nitrogens with zero attached hydrogens (tertiary/aromatic N) is 1. The lowest BCUT2D eigenvalue weighted by Crippen LogP contribution is -2.43. The fourth-order valence-electron chi connectivity index (χ4n) is 2.16. The standard InChI is InChI=1S/C15H19BrN2O3/c1-17-15(21)14(7-4-8-19)18(2)9-12-11(10-20)5-3-6-13(12)16/h3,5-6,8,10,14H,4,7,9H2,1-2H3,(H,17,21). The molecule has 0 fully saturated rings. The molecule has 21 heavy (non-hydrogen) atoms. The molecular formula is C15H19BrN2O3. The monoisotopic (exact) mass is 354 g/mol. The van der Waals surface area contributed by atoms with Gasteiger partial charge >= 0.3 is 0 Å². The molecule has 0 radical (unpaired) electrons. The molecule has 0 aliphatic rings. The van der Waals surface area contributed by atoms with Crippen LogP contribution < -0.4 is 5.32 Å². The van der Waals surface area contributed by atoms with Gasteiger partial charge in [-0.05, 0) is 25.1 Å². The van der Waals surface area contributed by atoms with Crippen LogP contribution in [0.4, 0.5) is 0 Å². The number of carbonyl (C=O) groups excluding carboxylic acids is 3.